The van der Waals surface area contributed by atoms with Crippen molar-refractivity contribution in [1.29, 1.82) is 5.26 Å². The fraction of sp³-hybridized carbons (Fsp3) is 0.407. The first-order chi connectivity index (χ1) is 16.1. The smallest absolute Gasteiger partial charge is 0.263 e. The Hall–Kier alpha value is -2.97. The number of benzene rings is 2. The van der Waals surface area contributed by atoms with Crippen LogP contribution in [0.15, 0.2) is 54.2 Å². The molecule has 1 aliphatic carbocycles. The third-order valence-electron chi connectivity index (χ3n) is 6.65. The lowest BCUT2D eigenvalue weighted by molar-refractivity contribution is -0.117. The van der Waals surface area contributed by atoms with Crippen LogP contribution in [-0.2, 0) is 17.6 Å². The lowest BCUT2D eigenvalue weighted by Crippen LogP contribution is -2.44. The van der Waals surface area contributed by atoms with E-state index in [9.17, 15) is 10.1 Å². The minimum Gasteiger partial charge on any atom is -0.373 e. The van der Waals surface area contributed by atoms with E-state index < -0.39 is 0 Å². The van der Waals surface area contributed by atoms with E-state index in [-0.39, 0.29) is 17.5 Å². The van der Waals surface area contributed by atoms with Crippen molar-refractivity contribution in [1.82, 2.24) is 10.2 Å². The van der Waals surface area contributed by atoms with Crippen LogP contribution in [0.2, 0.25) is 5.02 Å². The van der Waals surface area contributed by atoms with Crippen LogP contribution in [0.3, 0.4) is 0 Å². The molecule has 6 heteroatoms. The third kappa shape index (κ3) is 5.69. The van der Waals surface area contributed by atoms with E-state index in [1.807, 2.05) is 18.2 Å². The van der Waals surface area contributed by atoms with Crippen LogP contribution in [0.4, 0.5) is 5.69 Å². The number of amides is 1. The Morgan fingerprint density at radius 1 is 1.12 bits per heavy atom. The fourth-order valence-electron chi connectivity index (χ4n) is 4.73. The summed E-state index contributed by atoms with van der Waals surface area (Å²) in [6.45, 7) is 5.17. The summed E-state index contributed by atoms with van der Waals surface area (Å²) in [5.74, 6) is -0.306. The second kappa shape index (κ2) is 10.8. The first-order valence-electron chi connectivity index (χ1n) is 11.9. The van der Waals surface area contributed by atoms with Gasteiger partial charge in [-0.1, -0.05) is 42.8 Å². The van der Waals surface area contributed by atoms with Crippen LogP contribution in [0.25, 0.3) is 0 Å². The van der Waals surface area contributed by atoms with Crippen LogP contribution in [0, 0.1) is 11.3 Å². The molecule has 1 saturated heterocycles. The van der Waals surface area contributed by atoms with E-state index in [1.54, 1.807) is 6.20 Å². The molecule has 4 rings (SSSR count). The number of nitrogens with one attached hydrogen (secondary N) is 1. The van der Waals surface area contributed by atoms with Crippen molar-refractivity contribution in [3.63, 3.8) is 0 Å². The van der Waals surface area contributed by atoms with Gasteiger partial charge in [0.1, 0.15) is 11.6 Å². The Balaban J connectivity index is 1.39. The predicted octanol–water partition coefficient (Wildman–Crippen LogP) is 5.02. The fourth-order valence-corrected chi connectivity index (χ4v) is 4.91. The van der Waals surface area contributed by atoms with Gasteiger partial charge in [0.05, 0.1) is 6.04 Å². The lowest BCUT2D eigenvalue weighted by Gasteiger charge is -2.35. The van der Waals surface area contributed by atoms with Gasteiger partial charge in [-0.3, -0.25) is 4.79 Å². The maximum atomic E-state index is 12.9. The van der Waals surface area contributed by atoms with Gasteiger partial charge in [0.2, 0.25) is 0 Å². The molecule has 1 unspecified atom stereocenters. The molecule has 1 amide bonds. The summed E-state index contributed by atoms with van der Waals surface area (Å²) in [4.78, 5) is 17.3. The van der Waals surface area contributed by atoms with E-state index in [0.717, 1.165) is 61.7 Å². The van der Waals surface area contributed by atoms with Crippen LogP contribution in [0.5, 0.6) is 0 Å². The average molecular weight is 463 g/mol. The highest BCUT2D eigenvalue weighted by Crippen LogP contribution is 2.26. The largest absolute Gasteiger partial charge is 0.373 e. The molecule has 172 valence electrons. The highest BCUT2D eigenvalue weighted by atomic mass is 35.5. The topological polar surface area (TPSA) is 59.4 Å². The van der Waals surface area contributed by atoms with Crippen LogP contribution in [0.1, 0.15) is 48.9 Å². The second-order valence-corrected chi connectivity index (χ2v) is 9.26. The molecule has 0 aromatic heterocycles. The van der Waals surface area contributed by atoms with Gasteiger partial charge in [-0.25, -0.2) is 0 Å². The highest BCUT2D eigenvalue weighted by molar-refractivity contribution is 6.30. The highest BCUT2D eigenvalue weighted by Gasteiger charge is 2.21. The van der Waals surface area contributed by atoms with Crippen molar-refractivity contribution in [2.45, 2.75) is 45.1 Å². The van der Waals surface area contributed by atoms with E-state index in [1.165, 1.54) is 24.0 Å². The Bertz CT molecular complexity index is 1070. The van der Waals surface area contributed by atoms with Gasteiger partial charge in [-0.2, -0.15) is 5.26 Å². The SMILES string of the molecule is CCC(NC(=O)/C(C#N)=C\N1CCN(c2cccc(Cl)c2)CC1)c1ccc2c(c1)CCCC2. The minimum atomic E-state index is -0.306. The van der Waals surface area contributed by atoms with Gasteiger partial charge in [-0.05, 0) is 67.0 Å². The number of piperazine rings is 1. The summed E-state index contributed by atoms with van der Waals surface area (Å²) < 4.78 is 0. The Labute approximate surface area is 201 Å². The monoisotopic (exact) mass is 462 g/mol. The van der Waals surface area contributed by atoms with Gasteiger partial charge in [0, 0.05) is 43.1 Å². The molecule has 1 N–H and O–H groups in total. The van der Waals surface area contributed by atoms with Crippen molar-refractivity contribution in [3.05, 3.63) is 76.0 Å². The summed E-state index contributed by atoms with van der Waals surface area (Å²) in [6, 6.07) is 16.4. The van der Waals surface area contributed by atoms with E-state index >= 15 is 0 Å². The maximum absolute atomic E-state index is 12.9. The molecule has 33 heavy (non-hydrogen) atoms. The summed E-state index contributed by atoms with van der Waals surface area (Å²) in [5.41, 5.74) is 5.21. The number of carbonyl (C=O) groups is 1. The zero-order valence-electron chi connectivity index (χ0n) is 19.2. The van der Waals surface area contributed by atoms with Crippen molar-refractivity contribution in [2.75, 3.05) is 31.1 Å². The first kappa shape index (κ1) is 23.2. The number of rotatable bonds is 6. The molecule has 0 saturated carbocycles. The maximum Gasteiger partial charge on any atom is 0.263 e. The quantitative estimate of drug-likeness (QED) is 0.484. The molecule has 5 nitrogen and oxygen atoms in total. The summed E-state index contributed by atoms with van der Waals surface area (Å²) in [5, 5.41) is 13.5. The standard InChI is InChI=1S/C27H31ClN4O/c1-2-26(22-11-10-20-6-3-4-7-21(20)16-22)30-27(33)23(18-29)19-31-12-14-32(15-13-31)25-9-5-8-24(28)17-25/h5,8-11,16-17,19,26H,2-4,6-7,12-15H2,1H3,(H,30,33)/b23-19-. The number of halogens is 1. The summed E-state index contributed by atoms with van der Waals surface area (Å²) >= 11 is 6.12. The van der Waals surface area contributed by atoms with Gasteiger partial charge in [-0.15, -0.1) is 0 Å². The molecule has 1 heterocycles. The molecule has 1 fully saturated rings. The Morgan fingerprint density at radius 2 is 1.88 bits per heavy atom. The number of hydrogen-bond acceptors (Lipinski definition) is 4. The molecule has 2 aromatic rings. The summed E-state index contributed by atoms with van der Waals surface area (Å²) in [7, 11) is 0. The molecule has 1 aliphatic heterocycles. The average Bonchev–Trinajstić information content (AvgIpc) is 2.85. The molecule has 0 radical (unpaired) electrons. The molecular formula is C27H31ClN4O. The number of hydrogen-bond donors (Lipinski definition) is 1. The van der Waals surface area contributed by atoms with E-state index in [0.29, 0.717) is 0 Å². The van der Waals surface area contributed by atoms with Crippen molar-refractivity contribution in [3.8, 4) is 6.07 Å². The number of carbonyl (C=O) groups excluding carboxylic acids is 1. The Morgan fingerprint density at radius 3 is 2.58 bits per heavy atom. The summed E-state index contributed by atoms with van der Waals surface area (Å²) in [6.07, 6.45) is 7.23. The minimum absolute atomic E-state index is 0.0962. The van der Waals surface area contributed by atoms with Crippen molar-refractivity contribution in [2.24, 2.45) is 0 Å². The molecule has 1 atom stereocenters. The van der Waals surface area contributed by atoms with Crippen molar-refractivity contribution < 1.29 is 4.79 Å². The van der Waals surface area contributed by atoms with Crippen LogP contribution >= 0.6 is 11.6 Å². The molecule has 2 aliphatic rings. The van der Waals surface area contributed by atoms with Crippen molar-refractivity contribution >= 4 is 23.2 Å². The number of aryl methyl sites for hydroxylation is 2. The molecular weight excluding hydrogens is 432 g/mol. The molecule has 2 aromatic carbocycles. The van der Waals surface area contributed by atoms with Gasteiger partial charge < -0.3 is 15.1 Å². The Kier molecular flexibility index (Phi) is 7.57. The normalized spacial score (nSPS) is 17.2. The third-order valence-corrected chi connectivity index (χ3v) is 6.89. The number of fused-ring (bicyclic) bond motifs is 1. The van der Waals surface area contributed by atoms with Gasteiger partial charge in [0.15, 0.2) is 0 Å². The number of anilines is 1. The second-order valence-electron chi connectivity index (χ2n) is 8.83. The molecule has 0 spiro atoms. The first-order valence-corrected chi connectivity index (χ1v) is 12.2. The van der Waals surface area contributed by atoms with Gasteiger partial charge in [0.25, 0.3) is 5.91 Å². The van der Waals surface area contributed by atoms with E-state index in [4.69, 9.17) is 11.6 Å². The number of nitriles is 1. The zero-order chi connectivity index (χ0) is 23.2. The van der Waals surface area contributed by atoms with E-state index in [2.05, 4.69) is 52.4 Å². The lowest BCUT2D eigenvalue weighted by atomic mass is 9.88. The zero-order valence-corrected chi connectivity index (χ0v) is 19.9. The van der Waals surface area contributed by atoms with Crippen LogP contribution < -0.4 is 10.2 Å². The predicted molar refractivity (Wildman–Crippen MR) is 133 cm³/mol. The number of nitrogens with zero attached hydrogens (tertiary/aromatic N) is 3. The molecule has 0 bridgehead atoms. The van der Waals surface area contributed by atoms with Crippen LogP contribution in [-0.4, -0.2) is 37.0 Å². The van der Waals surface area contributed by atoms with Gasteiger partial charge >= 0.3 is 0 Å².